The van der Waals surface area contributed by atoms with Crippen LogP contribution in [0.5, 0.6) is 0 Å². The van der Waals surface area contributed by atoms with Crippen LogP contribution < -0.4 is 0 Å². The zero-order valence-electron chi connectivity index (χ0n) is 9.26. The van der Waals surface area contributed by atoms with Gasteiger partial charge in [0.25, 0.3) is 0 Å². The molecule has 1 N–H and O–H groups in total. The van der Waals surface area contributed by atoms with E-state index in [0.29, 0.717) is 19.7 Å². The lowest BCUT2D eigenvalue weighted by Gasteiger charge is -2.19. The van der Waals surface area contributed by atoms with Gasteiger partial charge in [0.2, 0.25) is 0 Å². The van der Waals surface area contributed by atoms with Crippen molar-refractivity contribution in [3.05, 3.63) is 11.9 Å². The van der Waals surface area contributed by atoms with Crippen LogP contribution in [0.2, 0.25) is 0 Å². The van der Waals surface area contributed by atoms with Crippen LogP contribution in [0.4, 0.5) is 0 Å². The molecule has 0 aliphatic carbocycles. The van der Waals surface area contributed by atoms with Gasteiger partial charge in [-0.15, -0.1) is 5.10 Å². The maximum atomic E-state index is 8.90. The molecule has 0 aliphatic heterocycles. The Labute approximate surface area is 89.4 Å². The molecule has 0 atom stereocenters. The number of aryl methyl sites for hydroxylation is 1. The van der Waals surface area contributed by atoms with Crippen molar-refractivity contribution in [3.8, 4) is 0 Å². The first-order valence-corrected chi connectivity index (χ1v) is 4.93. The molecule has 0 spiro atoms. The molecule has 0 aromatic carbocycles. The van der Waals surface area contributed by atoms with Gasteiger partial charge in [-0.1, -0.05) is 5.21 Å². The van der Waals surface area contributed by atoms with Gasteiger partial charge < -0.3 is 9.84 Å². The monoisotopic (exact) mass is 214 g/mol. The zero-order chi connectivity index (χ0) is 11.1. The molecule has 1 aromatic rings. The third-order valence-electron chi connectivity index (χ3n) is 2.06. The highest BCUT2D eigenvalue weighted by atomic mass is 16.5. The molecule has 0 saturated heterocycles. The Bertz CT molecular complexity index is 277. The average Bonchev–Trinajstić information content (AvgIpc) is 2.61. The van der Waals surface area contributed by atoms with E-state index < -0.39 is 0 Å². The van der Waals surface area contributed by atoms with E-state index >= 15 is 0 Å². The number of nitrogens with zero attached hydrogens (tertiary/aromatic N) is 4. The van der Waals surface area contributed by atoms with Gasteiger partial charge in [0.15, 0.2) is 0 Å². The molecule has 0 saturated carbocycles. The highest BCUT2D eigenvalue weighted by molar-refractivity contribution is 4.91. The number of aliphatic hydroxyl groups is 1. The summed E-state index contributed by atoms with van der Waals surface area (Å²) in [5.41, 5.74) is 0.905. The summed E-state index contributed by atoms with van der Waals surface area (Å²) in [7, 11) is 3.50. The predicted molar refractivity (Wildman–Crippen MR) is 55.2 cm³/mol. The van der Waals surface area contributed by atoms with Crippen molar-refractivity contribution in [2.24, 2.45) is 7.05 Å². The van der Waals surface area contributed by atoms with Crippen LogP contribution in [0.3, 0.4) is 0 Å². The lowest BCUT2D eigenvalue weighted by molar-refractivity contribution is 0.126. The summed E-state index contributed by atoms with van der Waals surface area (Å²) < 4.78 is 6.67. The summed E-state index contributed by atoms with van der Waals surface area (Å²) in [6, 6.07) is 0. The topological polar surface area (TPSA) is 63.4 Å². The van der Waals surface area contributed by atoms with Crippen LogP contribution in [0.1, 0.15) is 5.69 Å². The number of methoxy groups -OCH3 is 1. The fraction of sp³-hybridized carbons (Fsp3) is 0.778. The van der Waals surface area contributed by atoms with Crippen molar-refractivity contribution in [1.29, 1.82) is 0 Å². The summed E-state index contributed by atoms with van der Waals surface area (Å²) in [6.07, 6.45) is 1.87. The highest BCUT2D eigenvalue weighted by Gasteiger charge is 2.07. The second-order valence-electron chi connectivity index (χ2n) is 3.38. The Morgan fingerprint density at radius 1 is 1.53 bits per heavy atom. The molecule has 6 nitrogen and oxygen atoms in total. The van der Waals surface area contributed by atoms with Crippen LogP contribution in [-0.2, 0) is 18.3 Å². The van der Waals surface area contributed by atoms with Crippen LogP contribution in [0.25, 0.3) is 0 Å². The third kappa shape index (κ3) is 4.37. The molecule has 6 heteroatoms. The van der Waals surface area contributed by atoms with E-state index in [1.54, 1.807) is 11.8 Å². The van der Waals surface area contributed by atoms with Crippen molar-refractivity contribution in [3.63, 3.8) is 0 Å². The molecule has 0 amide bonds. The summed E-state index contributed by atoms with van der Waals surface area (Å²) >= 11 is 0. The molecule has 1 aromatic heterocycles. The van der Waals surface area contributed by atoms with Crippen LogP contribution in [-0.4, -0.2) is 58.4 Å². The molecule has 0 fully saturated rings. The van der Waals surface area contributed by atoms with Crippen LogP contribution in [0, 0.1) is 0 Å². The largest absolute Gasteiger partial charge is 0.395 e. The molecular weight excluding hydrogens is 196 g/mol. The van der Waals surface area contributed by atoms with E-state index in [1.807, 2.05) is 13.2 Å². The van der Waals surface area contributed by atoms with Crippen molar-refractivity contribution in [1.82, 2.24) is 19.9 Å². The lowest BCUT2D eigenvalue weighted by Crippen LogP contribution is -2.30. The van der Waals surface area contributed by atoms with Crippen LogP contribution >= 0.6 is 0 Å². The minimum atomic E-state index is 0.143. The van der Waals surface area contributed by atoms with E-state index in [0.717, 1.165) is 12.2 Å². The normalized spacial score (nSPS) is 11.2. The summed E-state index contributed by atoms with van der Waals surface area (Å²) in [5, 5.41) is 16.7. The number of aliphatic hydroxyl groups excluding tert-OH is 1. The maximum absolute atomic E-state index is 8.90. The summed E-state index contributed by atoms with van der Waals surface area (Å²) in [5.74, 6) is 0. The SMILES string of the molecule is COCCN(CCO)Cc1cn(C)nn1. The van der Waals surface area contributed by atoms with E-state index in [4.69, 9.17) is 9.84 Å². The summed E-state index contributed by atoms with van der Waals surface area (Å²) in [6.45, 7) is 2.90. The lowest BCUT2D eigenvalue weighted by atomic mass is 10.4. The van der Waals surface area contributed by atoms with Crippen LogP contribution in [0.15, 0.2) is 6.20 Å². The van der Waals surface area contributed by atoms with Crippen molar-refractivity contribution >= 4 is 0 Å². The molecular formula is C9H18N4O2. The predicted octanol–water partition coefficient (Wildman–Crippen LogP) is -0.744. The molecule has 0 bridgehead atoms. The minimum absolute atomic E-state index is 0.143. The fourth-order valence-corrected chi connectivity index (χ4v) is 1.33. The van der Waals surface area contributed by atoms with Crippen molar-refractivity contribution in [2.75, 3.05) is 33.4 Å². The number of rotatable bonds is 7. The van der Waals surface area contributed by atoms with E-state index in [2.05, 4.69) is 15.2 Å². The molecule has 86 valence electrons. The molecule has 1 rings (SSSR count). The van der Waals surface area contributed by atoms with Gasteiger partial charge in [0.05, 0.1) is 18.9 Å². The molecule has 0 radical (unpaired) electrons. The van der Waals surface area contributed by atoms with Gasteiger partial charge in [-0.25, -0.2) is 0 Å². The highest BCUT2D eigenvalue weighted by Crippen LogP contribution is 1.99. The zero-order valence-corrected chi connectivity index (χ0v) is 9.26. The number of ether oxygens (including phenoxy) is 1. The van der Waals surface area contributed by atoms with Gasteiger partial charge >= 0.3 is 0 Å². The second kappa shape index (κ2) is 6.49. The van der Waals surface area contributed by atoms with E-state index in [9.17, 15) is 0 Å². The quantitative estimate of drug-likeness (QED) is 0.647. The fourth-order valence-electron chi connectivity index (χ4n) is 1.33. The molecule has 1 heterocycles. The smallest absolute Gasteiger partial charge is 0.0967 e. The third-order valence-corrected chi connectivity index (χ3v) is 2.06. The number of hydrogen-bond acceptors (Lipinski definition) is 5. The molecule has 15 heavy (non-hydrogen) atoms. The van der Waals surface area contributed by atoms with E-state index in [-0.39, 0.29) is 6.61 Å². The van der Waals surface area contributed by atoms with Gasteiger partial charge in [0, 0.05) is 40.0 Å². The Kier molecular flexibility index (Phi) is 5.23. The van der Waals surface area contributed by atoms with Gasteiger partial charge in [0.1, 0.15) is 0 Å². The first-order chi connectivity index (χ1) is 7.26. The Balaban J connectivity index is 2.42. The maximum Gasteiger partial charge on any atom is 0.0967 e. The number of hydrogen-bond donors (Lipinski definition) is 1. The second-order valence-corrected chi connectivity index (χ2v) is 3.38. The van der Waals surface area contributed by atoms with Gasteiger partial charge in [-0.2, -0.15) is 0 Å². The molecule has 0 aliphatic rings. The summed E-state index contributed by atoms with van der Waals surface area (Å²) in [4.78, 5) is 2.08. The van der Waals surface area contributed by atoms with E-state index in [1.165, 1.54) is 0 Å². The average molecular weight is 214 g/mol. The Hall–Kier alpha value is -0.980. The van der Waals surface area contributed by atoms with Gasteiger partial charge in [-0.3, -0.25) is 9.58 Å². The Morgan fingerprint density at radius 2 is 2.33 bits per heavy atom. The van der Waals surface area contributed by atoms with Crippen molar-refractivity contribution < 1.29 is 9.84 Å². The minimum Gasteiger partial charge on any atom is -0.395 e. The van der Waals surface area contributed by atoms with Crippen molar-refractivity contribution in [2.45, 2.75) is 6.54 Å². The van der Waals surface area contributed by atoms with Gasteiger partial charge in [-0.05, 0) is 0 Å². The molecule has 0 unspecified atom stereocenters. The number of aromatic nitrogens is 3. The first-order valence-electron chi connectivity index (χ1n) is 4.93. The Morgan fingerprint density at radius 3 is 2.87 bits per heavy atom. The first kappa shape index (κ1) is 12.1. The standard InChI is InChI=1S/C9H18N4O2/c1-12-7-9(10-11-12)8-13(3-5-14)4-6-15-2/h7,14H,3-6,8H2,1-2H3.